The van der Waals surface area contributed by atoms with E-state index in [1.165, 1.54) is 25.3 Å². The number of amides is 1. The Bertz CT molecular complexity index is 861. The van der Waals surface area contributed by atoms with Crippen LogP contribution in [-0.4, -0.2) is 19.6 Å². The molecule has 1 N–H and O–H groups in total. The fourth-order valence-electron chi connectivity index (χ4n) is 2.43. The molecule has 0 saturated heterocycles. The zero-order valence-electron chi connectivity index (χ0n) is 14.8. The Morgan fingerprint density at radius 2 is 1.89 bits per heavy atom. The van der Waals surface area contributed by atoms with Crippen molar-refractivity contribution in [2.75, 3.05) is 7.11 Å². The fraction of sp³-hybridized carbons (Fsp3) is 0.200. The molecule has 0 aliphatic carbocycles. The monoisotopic (exact) mass is 372 g/mol. The molecule has 0 bridgehead atoms. The first-order valence-electron chi connectivity index (χ1n) is 8.05. The smallest absolute Gasteiger partial charge is 0.387 e. The first kappa shape index (κ1) is 19.9. The molecule has 0 aromatic heterocycles. The summed E-state index contributed by atoms with van der Waals surface area (Å²) in [6.07, 6.45) is 1.19. The van der Waals surface area contributed by atoms with Gasteiger partial charge in [0, 0.05) is 5.56 Å². The predicted molar refractivity (Wildman–Crippen MR) is 96.2 cm³/mol. The summed E-state index contributed by atoms with van der Waals surface area (Å²) in [7, 11) is 1.31. The summed E-state index contributed by atoms with van der Waals surface area (Å²) in [5, 5.41) is 12.0. The van der Waals surface area contributed by atoms with Crippen molar-refractivity contribution in [3.63, 3.8) is 0 Å². The molecule has 0 aliphatic rings. The van der Waals surface area contributed by atoms with Crippen LogP contribution < -0.4 is 14.8 Å². The van der Waals surface area contributed by atoms with Crippen LogP contribution in [0.5, 0.6) is 11.5 Å². The van der Waals surface area contributed by atoms with Gasteiger partial charge in [0.1, 0.15) is 11.6 Å². The average Bonchev–Trinajstić information content (AvgIpc) is 2.67. The van der Waals surface area contributed by atoms with E-state index in [2.05, 4.69) is 10.1 Å². The molecule has 0 aliphatic heterocycles. The van der Waals surface area contributed by atoms with Crippen molar-refractivity contribution < 1.29 is 23.0 Å². The van der Waals surface area contributed by atoms with Crippen LogP contribution in [-0.2, 0) is 4.79 Å². The molecule has 0 heterocycles. The van der Waals surface area contributed by atoms with Crippen molar-refractivity contribution in [2.24, 2.45) is 0 Å². The summed E-state index contributed by atoms with van der Waals surface area (Å²) >= 11 is 0. The van der Waals surface area contributed by atoms with Crippen LogP contribution >= 0.6 is 0 Å². The number of nitrogens with zero attached hydrogens (tertiary/aromatic N) is 1. The van der Waals surface area contributed by atoms with Crippen LogP contribution in [0.2, 0.25) is 0 Å². The van der Waals surface area contributed by atoms with Crippen molar-refractivity contribution in [3.8, 4) is 17.6 Å². The molecule has 0 fully saturated rings. The number of carbonyl (C=O) groups excluding carboxylic acids is 1. The minimum atomic E-state index is -3.08. The number of methoxy groups -OCH3 is 1. The van der Waals surface area contributed by atoms with E-state index in [9.17, 15) is 18.8 Å². The zero-order chi connectivity index (χ0) is 19.8. The normalized spacial score (nSPS) is 12.2. The van der Waals surface area contributed by atoms with E-state index in [0.717, 1.165) is 5.56 Å². The van der Waals surface area contributed by atoms with E-state index >= 15 is 0 Å². The second-order valence-electron chi connectivity index (χ2n) is 5.53. The first-order valence-corrected chi connectivity index (χ1v) is 8.05. The van der Waals surface area contributed by atoms with Crippen molar-refractivity contribution in [1.82, 2.24) is 5.32 Å². The Balaban J connectivity index is 2.30. The molecule has 2 rings (SSSR count). The summed E-state index contributed by atoms with van der Waals surface area (Å²) in [5.74, 6) is -0.800. The van der Waals surface area contributed by atoms with E-state index in [4.69, 9.17) is 4.74 Å². The van der Waals surface area contributed by atoms with Gasteiger partial charge in [0.2, 0.25) is 0 Å². The highest BCUT2D eigenvalue weighted by atomic mass is 19.3. The van der Waals surface area contributed by atoms with Crippen LogP contribution in [0.15, 0.2) is 54.1 Å². The molecule has 1 atom stereocenters. The third-order valence-corrected chi connectivity index (χ3v) is 3.75. The van der Waals surface area contributed by atoms with E-state index in [0.29, 0.717) is 0 Å². The number of hydrogen-bond donors (Lipinski definition) is 1. The standard InChI is InChI=1S/C20H18F2N2O3/c1-13(14-7-4-3-5-8-14)24-19(25)16(12-23)11-15-9-6-10-17(26-2)18(15)27-20(21)22/h3-11,13,20H,1-2H3,(H,24,25)/b16-11+. The second-order valence-corrected chi connectivity index (χ2v) is 5.53. The maximum Gasteiger partial charge on any atom is 0.387 e. The van der Waals surface area contributed by atoms with E-state index in [1.807, 2.05) is 30.3 Å². The molecule has 1 amide bonds. The number of para-hydroxylation sites is 1. The highest BCUT2D eigenvalue weighted by Gasteiger charge is 2.18. The minimum Gasteiger partial charge on any atom is -0.493 e. The highest BCUT2D eigenvalue weighted by molar-refractivity contribution is 6.02. The molecule has 1 unspecified atom stereocenters. The molecule has 140 valence electrons. The minimum absolute atomic E-state index is 0.0689. The third-order valence-electron chi connectivity index (χ3n) is 3.75. The predicted octanol–water partition coefficient (Wildman–Crippen LogP) is 4.08. The van der Waals surface area contributed by atoms with Gasteiger partial charge in [0.15, 0.2) is 11.5 Å². The Kier molecular flexibility index (Phi) is 6.89. The fourth-order valence-corrected chi connectivity index (χ4v) is 2.43. The molecule has 5 nitrogen and oxygen atoms in total. The van der Waals surface area contributed by atoms with Crippen LogP contribution in [0, 0.1) is 11.3 Å². The molecule has 7 heteroatoms. The number of halogens is 2. The van der Waals surface area contributed by atoms with Crippen molar-refractivity contribution in [2.45, 2.75) is 19.6 Å². The summed E-state index contributed by atoms with van der Waals surface area (Å²) < 4.78 is 34.9. The number of nitrogens with one attached hydrogen (secondary N) is 1. The molecular formula is C20H18F2N2O3. The number of alkyl halides is 2. The molecule has 27 heavy (non-hydrogen) atoms. The highest BCUT2D eigenvalue weighted by Crippen LogP contribution is 2.33. The molecule has 0 radical (unpaired) electrons. The van der Waals surface area contributed by atoms with Crippen molar-refractivity contribution in [3.05, 3.63) is 65.2 Å². The number of rotatable bonds is 7. The Hall–Kier alpha value is -3.40. The lowest BCUT2D eigenvalue weighted by Crippen LogP contribution is -2.27. The lowest BCUT2D eigenvalue weighted by atomic mass is 10.1. The lowest BCUT2D eigenvalue weighted by Gasteiger charge is -2.15. The molecule has 0 spiro atoms. The molecule has 0 saturated carbocycles. The second kappa shape index (κ2) is 9.34. The maximum absolute atomic E-state index is 12.7. The number of hydrogen-bond acceptors (Lipinski definition) is 4. The van der Waals surface area contributed by atoms with E-state index in [1.54, 1.807) is 19.1 Å². The van der Waals surface area contributed by atoms with Gasteiger partial charge in [-0.3, -0.25) is 4.79 Å². The van der Waals surface area contributed by atoms with Gasteiger partial charge in [-0.15, -0.1) is 0 Å². The first-order chi connectivity index (χ1) is 13.0. The summed E-state index contributed by atoms with van der Waals surface area (Å²) in [6.45, 7) is -1.30. The Morgan fingerprint density at radius 1 is 1.19 bits per heavy atom. The Labute approximate surface area is 155 Å². The average molecular weight is 372 g/mol. The Morgan fingerprint density at radius 3 is 2.48 bits per heavy atom. The van der Waals surface area contributed by atoms with E-state index < -0.39 is 12.5 Å². The summed E-state index contributed by atoms with van der Waals surface area (Å²) in [6, 6.07) is 15.1. The van der Waals surface area contributed by atoms with Crippen LogP contribution in [0.4, 0.5) is 8.78 Å². The van der Waals surface area contributed by atoms with Crippen LogP contribution in [0.3, 0.4) is 0 Å². The van der Waals surface area contributed by atoms with Gasteiger partial charge in [0.25, 0.3) is 5.91 Å². The van der Waals surface area contributed by atoms with Crippen LogP contribution in [0.1, 0.15) is 24.1 Å². The zero-order valence-corrected chi connectivity index (χ0v) is 14.8. The van der Waals surface area contributed by atoms with Gasteiger partial charge in [-0.25, -0.2) is 0 Å². The number of carbonyl (C=O) groups is 1. The van der Waals surface area contributed by atoms with Gasteiger partial charge in [0.05, 0.1) is 13.2 Å². The topological polar surface area (TPSA) is 71.3 Å². The van der Waals surface area contributed by atoms with Crippen molar-refractivity contribution >= 4 is 12.0 Å². The van der Waals surface area contributed by atoms with Gasteiger partial charge in [-0.1, -0.05) is 42.5 Å². The summed E-state index contributed by atoms with van der Waals surface area (Å²) in [4.78, 5) is 12.4. The third kappa shape index (κ3) is 5.28. The SMILES string of the molecule is COc1cccc(/C=C(\C#N)C(=O)NC(C)c2ccccc2)c1OC(F)F. The largest absolute Gasteiger partial charge is 0.493 e. The molecular weight excluding hydrogens is 354 g/mol. The van der Waals surface area contributed by atoms with E-state index in [-0.39, 0.29) is 28.7 Å². The van der Waals surface area contributed by atoms with Gasteiger partial charge >= 0.3 is 6.61 Å². The number of nitriles is 1. The van der Waals surface area contributed by atoms with Crippen molar-refractivity contribution in [1.29, 1.82) is 5.26 Å². The molecule has 2 aromatic rings. The maximum atomic E-state index is 12.7. The lowest BCUT2D eigenvalue weighted by molar-refractivity contribution is -0.117. The number of benzene rings is 2. The molecule has 2 aromatic carbocycles. The van der Waals surface area contributed by atoms with Gasteiger partial charge < -0.3 is 14.8 Å². The van der Waals surface area contributed by atoms with Crippen LogP contribution in [0.25, 0.3) is 6.08 Å². The number of ether oxygens (including phenoxy) is 2. The van der Waals surface area contributed by atoms with Gasteiger partial charge in [-0.05, 0) is 24.6 Å². The quantitative estimate of drug-likeness (QED) is 0.587. The van der Waals surface area contributed by atoms with Gasteiger partial charge in [-0.2, -0.15) is 14.0 Å². The summed E-state index contributed by atoms with van der Waals surface area (Å²) in [5.41, 5.74) is 0.755.